The molecule has 4 N–H and O–H groups in total. The largest absolute Gasteiger partial charge is 0.508 e. The molecule has 0 saturated carbocycles. The molecule has 1 amide bonds. The van der Waals surface area contributed by atoms with Gasteiger partial charge in [0.2, 0.25) is 5.91 Å². The Balaban J connectivity index is 1.79. The third-order valence-electron chi connectivity index (χ3n) is 4.20. The zero-order valence-electron chi connectivity index (χ0n) is 14.6. The van der Waals surface area contributed by atoms with Crippen LogP contribution in [-0.2, 0) is 22.6 Å². The van der Waals surface area contributed by atoms with Crippen LogP contribution in [0.15, 0.2) is 58.1 Å². The van der Waals surface area contributed by atoms with Gasteiger partial charge in [-0.15, -0.1) is 0 Å². The molecular weight excluding hydrogens is 366 g/mol. The van der Waals surface area contributed by atoms with Crippen molar-refractivity contribution in [2.24, 2.45) is 0 Å². The van der Waals surface area contributed by atoms with Crippen LogP contribution in [-0.4, -0.2) is 37.7 Å². The average Bonchev–Trinajstić information content (AvgIpc) is 2.66. The number of aromatic amines is 1. The van der Waals surface area contributed by atoms with Gasteiger partial charge in [0.05, 0.1) is 10.9 Å². The molecule has 0 aliphatic rings. The minimum atomic E-state index is -1.26. The van der Waals surface area contributed by atoms with Crippen molar-refractivity contribution in [3.8, 4) is 5.75 Å². The second kappa shape index (κ2) is 7.78. The summed E-state index contributed by atoms with van der Waals surface area (Å²) < 4.78 is 0.719. The lowest BCUT2D eigenvalue weighted by Crippen LogP contribution is -2.46. The van der Waals surface area contributed by atoms with Crippen molar-refractivity contribution in [3.05, 3.63) is 74.9 Å². The number of nitrogens with zero attached hydrogens (tertiary/aromatic N) is 1. The molecule has 144 valence electrons. The van der Waals surface area contributed by atoms with E-state index in [1.165, 1.54) is 30.3 Å². The highest BCUT2D eigenvalue weighted by Crippen LogP contribution is 2.11. The van der Waals surface area contributed by atoms with Gasteiger partial charge in [-0.05, 0) is 29.8 Å². The number of nitrogens with one attached hydrogen (secondary N) is 2. The van der Waals surface area contributed by atoms with Crippen molar-refractivity contribution < 1.29 is 19.8 Å². The Morgan fingerprint density at radius 1 is 1.07 bits per heavy atom. The SMILES string of the molecule is O=C(Cn1c(=O)[nH]c2ccccc2c1=O)NC(Cc1ccc(O)cc1)C(=O)O. The van der Waals surface area contributed by atoms with Crippen molar-refractivity contribution >= 4 is 22.8 Å². The lowest BCUT2D eigenvalue weighted by Gasteiger charge is -2.15. The highest BCUT2D eigenvalue weighted by Gasteiger charge is 2.21. The molecule has 3 aromatic rings. The van der Waals surface area contributed by atoms with Gasteiger partial charge in [-0.1, -0.05) is 24.3 Å². The van der Waals surface area contributed by atoms with Crippen LogP contribution in [0.25, 0.3) is 10.9 Å². The predicted molar refractivity (Wildman–Crippen MR) is 100 cm³/mol. The van der Waals surface area contributed by atoms with Crippen molar-refractivity contribution in [2.75, 3.05) is 0 Å². The van der Waals surface area contributed by atoms with Crippen molar-refractivity contribution in [3.63, 3.8) is 0 Å². The number of carboxylic acids is 1. The third-order valence-corrected chi connectivity index (χ3v) is 4.20. The van der Waals surface area contributed by atoms with Gasteiger partial charge in [0.15, 0.2) is 0 Å². The molecule has 9 nitrogen and oxygen atoms in total. The standard InChI is InChI=1S/C19H17N3O6/c23-12-7-5-11(6-8-12)9-15(18(26)27)20-16(24)10-22-17(25)13-3-1-2-4-14(13)21-19(22)28/h1-8,15,23H,9-10H2,(H,20,24)(H,21,28)(H,26,27). The van der Waals surface area contributed by atoms with Crippen LogP contribution < -0.4 is 16.6 Å². The molecule has 2 aromatic carbocycles. The van der Waals surface area contributed by atoms with Crippen LogP contribution in [0.1, 0.15) is 5.56 Å². The summed E-state index contributed by atoms with van der Waals surface area (Å²) >= 11 is 0. The van der Waals surface area contributed by atoms with E-state index < -0.39 is 35.7 Å². The maximum Gasteiger partial charge on any atom is 0.329 e. The number of amides is 1. The number of hydrogen-bond acceptors (Lipinski definition) is 5. The zero-order valence-corrected chi connectivity index (χ0v) is 14.6. The number of para-hydroxylation sites is 1. The summed E-state index contributed by atoms with van der Waals surface area (Å²) in [6, 6.07) is 11.0. The molecular formula is C19H17N3O6. The normalized spacial score (nSPS) is 11.9. The van der Waals surface area contributed by atoms with Gasteiger partial charge in [0.1, 0.15) is 18.3 Å². The molecule has 0 fully saturated rings. The number of hydrogen-bond donors (Lipinski definition) is 4. The van der Waals surface area contributed by atoms with Gasteiger partial charge in [-0.25, -0.2) is 9.59 Å². The van der Waals surface area contributed by atoms with E-state index in [0.29, 0.717) is 11.1 Å². The summed E-state index contributed by atoms with van der Waals surface area (Å²) in [6.45, 7) is -0.613. The fraction of sp³-hybridized carbons (Fsp3) is 0.158. The summed E-state index contributed by atoms with van der Waals surface area (Å²) in [5, 5.41) is 21.2. The van der Waals surface area contributed by atoms with Crippen LogP contribution in [0.2, 0.25) is 0 Å². The number of rotatable bonds is 6. The first-order valence-corrected chi connectivity index (χ1v) is 8.37. The number of phenols is 1. The molecule has 3 rings (SSSR count). The molecule has 0 aliphatic carbocycles. The topological polar surface area (TPSA) is 141 Å². The fourth-order valence-corrected chi connectivity index (χ4v) is 2.79. The zero-order chi connectivity index (χ0) is 20.3. The Morgan fingerprint density at radius 3 is 2.43 bits per heavy atom. The number of fused-ring (bicyclic) bond motifs is 1. The molecule has 1 heterocycles. The van der Waals surface area contributed by atoms with Crippen LogP contribution in [0, 0.1) is 0 Å². The molecule has 28 heavy (non-hydrogen) atoms. The molecule has 9 heteroatoms. The van der Waals surface area contributed by atoms with E-state index in [-0.39, 0.29) is 17.6 Å². The van der Waals surface area contributed by atoms with E-state index >= 15 is 0 Å². The number of carbonyl (C=O) groups excluding carboxylic acids is 1. The first-order valence-electron chi connectivity index (χ1n) is 8.37. The van der Waals surface area contributed by atoms with Gasteiger partial charge in [-0.2, -0.15) is 0 Å². The van der Waals surface area contributed by atoms with Crippen LogP contribution in [0.3, 0.4) is 0 Å². The summed E-state index contributed by atoms with van der Waals surface area (Å²) in [4.78, 5) is 50.8. The number of carbonyl (C=O) groups is 2. The van der Waals surface area contributed by atoms with E-state index in [2.05, 4.69) is 10.3 Å². The summed E-state index contributed by atoms with van der Waals surface area (Å²) in [7, 11) is 0. The summed E-state index contributed by atoms with van der Waals surface area (Å²) in [5.41, 5.74) is -0.458. The number of phenolic OH excluding ortho intramolecular Hbond substituents is 1. The maximum atomic E-state index is 12.5. The Hall–Kier alpha value is -3.88. The van der Waals surface area contributed by atoms with Gasteiger partial charge in [0, 0.05) is 6.42 Å². The number of benzene rings is 2. The van der Waals surface area contributed by atoms with E-state index in [4.69, 9.17) is 0 Å². The van der Waals surface area contributed by atoms with E-state index in [1.54, 1.807) is 18.2 Å². The molecule has 0 bridgehead atoms. The Kier molecular flexibility index (Phi) is 5.25. The lowest BCUT2D eigenvalue weighted by atomic mass is 10.1. The number of aromatic nitrogens is 2. The average molecular weight is 383 g/mol. The fourth-order valence-electron chi connectivity index (χ4n) is 2.79. The molecule has 0 radical (unpaired) electrons. The minimum Gasteiger partial charge on any atom is -0.508 e. The predicted octanol–water partition coefficient (Wildman–Crippen LogP) is 0.207. The van der Waals surface area contributed by atoms with Crippen LogP contribution in [0.5, 0.6) is 5.75 Å². The second-order valence-electron chi connectivity index (χ2n) is 6.20. The van der Waals surface area contributed by atoms with Crippen molar-refractivity contribution in [1.82, 2.24) is 14.9 Å². The van der Waals surface area contributed by atoms with Crippen molar-refractivity contribution in [1.29, 1.82) is 0 Å². The molecule has 1 aromatic heterocycles. The minimum absolute atomic E-state index is 0.0235. The van der Waals surface area contributed by atoms with Crippen LogP contribution in [0.4, 0.5) is 0 Å². The number of carboxylic acid groups (broad SMARTS) is 1. The van der Waals surface area contributed by atoms with Gasteiger partial charge < -0.3 is 20.5 Å². The highest BCUT2D eigenvalue weighted by molar-refractivity contribution is 5.84. The van der Waals surface area contributed by atoms with Crippen molar-refractivity contribution in [2.45, 2.75) is 19.0 Å². The quantitative estimate of drug-likeness (QED) is 0.479. The molecule has 0 spiro atoms. The highest BCUT2D eigenvalue weighted by atomic mass is 16.4. The van der Waals surface area contributed by atoms with Gasteiger partial charge >= 0.3 is 11.7 Å². The van der Waals surface area contributed by atoms with Gasteiger partial charge in [-0.3, -0.25) is 14.2 Å². The molecule has 1 atom stereocenters. The monoisotopic (exact) mass is 383 g/mol. The number of aromatic hydroxyl groups is 1. The Bertz CT molecular complexity index is 1150. The first kappa shape index (κ1) is 18.9. The number of H-pyrrole nitrogens is 1. The lowest BCUT2D eigenvalue weighted by molar-refractivity contribution is -0.141. The van der Waals surface area contributed by atoms with Gasteiger partial charge in [0.25, 0.3) is 5.56 Å². The van der Waals surface area contributed by atoms with E-state index in [9.17, 15) is 29.4 Å². The Labute approximate surface area is 157 Å². The second-order valence-corrected chi connectivity index (χ2v) is 6.20. The summed E-state index contributed by atoms with van der Waals surface area (Å²) in [5.74, 6) is -2.01. The maximum absolute atomic E-state index is 12.5. The van der Waals surface area contributed by atoms with E-state index in [0.717, 1.165) is 4.57 Å². The Morgan fingerprint density at radius 2 is 1.75 bits per heavy atom. The first-order chi connectivity index (χ1) is 13.3. The van der Waals surface area contributed by atoms with Crippen LogP contribution >= 0.6 is 0 Å². The molecule has 1 unspecified atom stereocenters. The van der Waals surface area contributed by atoms with E-state index in [1.807, 2.05) is 0 Å². The smallest absolute Gasteiger partial charge is 0.329 e. The summed E-state index contributed by atoms with van der Waals surface area (Å²) in [6.07, 6.45) is -0.0235. The molecule has 0 aliphatic heterocycles. The molecule has 0 saturated heterocycles. The third kappa shape index (κ3) is 4.09. The number of aliphatic carboxylic acids is 1.